The second kappa shape index (κ2) is 8.52. The van der Waals surface area contributed by atoms with Crippen molar-refractivity contribution in [2.75, 3.05) is 26.2 Å². The van der Waals surface area contributed by atoms with E-state index in [1.54, 1.807) is 24.3 Å². The van der Waals surface area contributed by atoms with Crippen molar-refractivity contribution >= 4 is 17.6 Å². The first-order valence-electron chi connectivity index (χ1n) is 10.2. The third kappa shape index (κ3) is 4.27. The van der Waals surface area contributed by atoms with Crippen LogP contribution in [0.5, 0.6) is 0 Å². The van der Waals surface area contributed by atoms with Crippen molar-refractivity contribution in [3.05, 3.63) is 76.7 Å². The van der Waals surface area contributed by atoms with Crippen LogP contribution in [0, 0.1) is 25.2 Å². The minimum absolute atomic E-state index is 0.0283. The lowest BCUT2D eigenvalue weighted by Gasteiger charge is -2.34. The predicted octanol–water partition coefficient (Wildman–Crippen LogP) is 3.18. The maximum absolute atomic E-state index is 12.5. The Morgan fingerprint density at radius 2 is 1.83 bits per heavy atom. The number of aryl methyl sites for hydroxylation is 2. The normalized spacial score (nSPS) is 15.0. The number of pyridine rings is 1. The molecule has 0 bridgehead atoms. The quantitative estimate of drug-likeness (QED) is 0.632. The van der Waals surface area contributed by atoms with Crippen molar-refractivity contribution in [3.63, 3.8) is 0 Å². The van der Waals surface area contributed by atoms with E-state index in [0.29, 0.717) is 18.7 Å². The molecule has 30 heavy (non-hydrogen) atoms. The van der Waals surface area contributed by atoms with Crippen molar-refractivity contribution in [1.29, 1.82) is 5.26 Å². The molecule has 0 N–H and O–H groups in total. The number of nitriles is 1. The fourth-order valence-corrected chi connectivity index (χ4v) is 3.79. The Hall–Kier alpha value is -3.43. The van der Waals surface area contributed by atoms with Crippen LogP contribution in [0.2, 0.25) is 0 Å². The van der Waals surface area contributed by atoms with Crippen LogP contribution >= 0.6 is 0 Å². The number of carbonyl (C=O) groups is 1. The molecule has 3 aromatic rings. The van der Waals surface area contributed by atoms with Crippen LogP contribution in [-0.4, -0.2) is 51.3 Å². The van der Waals surface area contributed by atoms with Gasteiger partial charge in [0.1, 0.15) is 5.65 Å². The number of fused-ring (bicyclic) bond motifs is 1. The van der Waals surface area contributed by atoms with Crippen molar-refractivity contribution in [2.24, 2.45) is 0 Å². The molecule has 6 heteroatoms. The SMILES string of the molecule is Cc1ccc2nc(C)c(CN3CCN(C(=O)C=Cc4ccc(C#N)cc4)CC3)n2c1. The van der Waals surface area contributed by atoms with E-state index in [2.05, 4.69) is 52.5 Å². The van der Waals surface area contributed by atoms with Crippen molar-refractivity contribution in [2.45, 2.75) is 20.4 Å². The molecule has 1 aliphatic heterocycles. The summed E-state index contributed by atoms with van der Waals surface area (Å²) in [4.78, 5) is 21.5. The fourth-order valence-electron chi connectivity index (χ4n) is 3.79. The van der Waals surface area contributed by atoms with E-state index in [4.69, 9.17) is 5.26 Å². The predicted molar refractivity (Wildman–Crippen MR) is 117 cm³/mol. The summed E-state index contributed by atoms with van der Waals surface area (Å²) in [6.07, 6.45) is 5.56. The maximum Gasteiger partial charge on any atom is 0.246 e. The van der Waals surface area contributed by atoms with Crippen LogP contribution < -0.4 is 0 Å². The highest BCUT2D eigenvalue weighted by Gasteiger charge is 2.21. The minimum Gasteiger partial charge on any atom is -0.337 e. The fraction of sp³-hybridized carbons (Fsp3) is 0.292. The lowest BCUT2D eigenvalue weighted by atomic mass is 10.1. The maximum atomic E-state index is 12.5. The number of benzene rings is 1. The van der Waals surface area contributed by atoms with Crippen LogP contribution in [0.15, 0.2) is 48.7 Å². The van der Waals surface area contributed by atoms with Gasteiger partial charge in [-0.05, 0) is 49.2 Å². The number of nitrogens with zero attached hydrogens (tertiary/aromatic N) is 5. The summed E-state index contributed by atoms with van der Waals surface area (Å²) in [5.41, 5.74) is 6.00. The number of piperazine rings is 1. The summed E-state index contributed by atoms with van der Waals surface area (Å²) in [5, 5.41) is 8.86. The Morgan fingerprint density at radius 1 is 1.10 bits per heavy atom. The van der Waals surface area contributed by atoms with Crippen LogP contribution in [0.3, 0.4) is 0 Å². The molecule has 0 saturated carbocycles. The smallest absolute Gasteiger partial charge is 0.246 e. The third-order valence-corrected chi connectivity index (χ3v) is 5.58. The molecule has 152 valence electrons. The number of carbonyl (C=O) groups excluding carboxylic acids is 1. The first-order valence-corrected chi connectivity index (χ1v) is 10.2. The van der Waals surface area contributed by atoms with Gasteiger partial charge in [-0.1, -0.05) is 18.2 Å². The first-order chi connectivity index (χ1) is 14.5. The van der Waals surface area contributed by atoms with Gasteiger partial charge in [0.2, 0.25) is 5.91 Å². The highest BCUT2D eigenvalue weighted by molar-refractivity contribution is 5.91. The van der Waals surface area contributed by atoms with Gasteiger partial charge < -0.3 is 9.30 Å². The van der Waals surface area contributed by atoms with E-state index in [-0.39, 0.29) is 5.91 Å². The molecule has 1 aromatic carbocycles. The van der Waals surface area contributed by atoms with Crippen molar-refractivity contribution in [1.82, 2.24) is 19.2 Å². The number of aromatic nitrogens is 2. The van der Waals surface area contributed by atoms with E-state index in [1.165, 1.54) is 11.3 Å². The van der Waals surface area contributed by atoms with Gasteiger partial charge in [0, 0.05) is 45.0 Å². The van der Waals surface area contributed by atoms with Crippen molar-refractivity contribution < 1.29 is 4.79 Å². The molecule has 1 fully saturated rings. The molecule has 0 unspecified atom stereocenters. The Bertz CT molecular complexity index is 1130. The summed E-state index contributed by atoms with van der Waals surface area (Å²) in [6.45, 7) is 8.10. The number of imidazole rings is 1. The third-order valence-electron chi connectivity index (χ3n) is 5.58. The van der Waals surface area contributed by atoms with Crippen LogP contribution in [0.4, 0.5) is 0 Å². The summed E-state index contributed by atoms with van der Waals surface area (Å²) >= 11 is 0. The van der Waals surface area contributed by atoms with E-state index in [9.17, 15) is 4.79 Å². The molecule has 6 nitrogen and oxygen atoms in total. The van der Waals surface area contributed by atoms with Gasteiger partial charge in [-0.3, -0.25) is 9.69 Å². The second-order valence-electron chi connectivity index (χ2n) is 7.75. The molecular formula is C24H25N5O. The molecule has 2 aromatic heterocycles. The van der Waals surface area contributed by atoms with Gasteiger partial charge >= 0.3 is 0 Å². The molecule has 0 radical (unpaired) electrons. The van der Waals surface area contributed by atoms with E-state index >= 15 is 0 Å². The standard InChI is InChI=1S/C24H25N5O/c1-18-3-9-23-26-19(2)22(29(23)16-18)17-27-11-13-28(14-12-27)24(30)10-8-20-4-6-21(15-25)7-5-20/h3-10,16H,11-14,17H2,1-2H3. The summed E-state index contributed by atoms with van der Waals surface area (Å²) in [6, 6.07) is 13.4. The average Bonchev–Trinajstić information content (AvgIpc) is 3.07. The average molecular weight is 399 g/mol. The summed E-state index contributed by atoms with van der Waals surface area (Å²) in [7, 11) is 0. The molecule has 4 rings (SSSR count). The Balaban J connectivity index is 1.35. The second-order valence-corrected chi connectivity index (χ2v) is 7.75. The van der Waals surface area contributed by atoms with Crippen LogP contribution in [-0.2, 0) is 11.3 Å². The van der Waals surface area contributed by atoms with Gasteiger partial charge in [0.05, 0.1) is 23.0 Å². The summed E-state index contributed by atoms with van der Waals surface area (Å²) < 4.78 is 2.18. The van der Waals surface area contributed by atoms with E-state index in [0.717, 1.165) is 36.5 Å². The zero-order chi connectivity index (χ0) is 21.1. The topological polar surface area (TPSA) is 64.6 Å². The summed E-state index contributed by atoms with van der Waals surface area (Å²) in [5.74, 6) is 0.0283. The molecule has 0 aliphatic carbocycles. The minimum atomic E-state index is 0.0283. The molecule has 0 spiro atoms. The number of hydrogen-bond acceptors (Lipinski definition) is 4. The molecule has 0 atom stereocenters. The van der Waals surface area contributed by atoms with Crippen molar-refractivity contribution in [3.8, 4) is 6.07 Å². The van der Waals surface area contributed by atoms with Crippen LogP contribution in [0.1, 0.15) is 28.1 Å². The van der Waals surface area contributed by atoms with Gasteiger partial charge in [0.25, 0.3) is 0 Å². The number of hydrogen-bond donors (Lipinski definition) is 0. The highest BCUT2D eigenvalue weighted by Crippen LogP contribution is 2.17. The number of rotatable bonds is 4. The molecular weight excluding hydrogens is 374 g/mol. The van der Waals surface area contributed by atoms with Gasteiger partial charge in [-0.15, -0.1) is 0 Å². The zero-order valence-electron chi connectivity index (χ0n) is 17.4. The Labute approximate surface area is 176 Å². The Kier molecular flexibility index (Phi) is 5.64. The molecule has 3 heterocycles. The lowest BCUT2D eigenvalue weighted by molar-refractivity contribution is -0.127. The number of amides is 1. The van der Waals surface area contributed by atoms with Gasteiger partial charge in [-0.25, -0.2) is 4.98 Å². The molecule has 1 aliphatic rings. The first kappa shape index (κ1) is 19.9. The van der Waals surface area contributed by atoms with E-state index in [1.807, 2.05) is 17.0 Å². The largest absolute Gasteiger partial charge is 0.337 e. The van der Waals surface area contributed by atoms with E-state index < -0.39 is 0 Å². The lowest BCUT2D eigenvalue weighted by Crippen LogP contribution is -2.48. The zero-order valence-corrected chi connectivity index (χ0v) is 17.4. The molecule has 1 saturated heterocycles. The molecule has 1 amide bonds. The van der Waals surface area contributed by atoms with Crippen LogP contribution in [0.25, 0.3) is 11.7 Å². The highest BCUT2D eigenvalue weighted by atomic mass is 16.2. The monoisotopic (exact) mass is 399 g/mol. The Morgan fingerprint density at radius 3 is 2.53 bits per heavy atom. The van der Waals surface area contributed by atoms with Gasteiger partial charge in [0.15, 0.2) is 0 Å². The van der Waals surface area contributed by atoms with Gasteiger partial charge in [-0.2, -0.15) is 5.26 Å².